The van der Waals surface area contributed by atoms with Gasteiger partial charge in [0, 0.05) is 56.1 Å². The molecule has 2 rings (SSSR count). The first-order valence-corrected chi connectivity index (χ1v) is 10.7. The van der Waals surface area contributed by atoms with Crippen LogP contribution in [0.2, 0.25) is 0 Å². The fourth-order valence-electron chi connectivity index (χ4n) is 3.28. The van der Waals surface area contributed by atoms with E-state index in [0.717, 1.165) is 19.0 Å². The summed E-state index contributed by atoms with van der Waals surface area (Å²) >= 11 is 0. The lowest BCUT2D eigenvalue weighted by molar-refractivity contribution is -0.128. The lowest BCUT2D eigenvalue weighted by Gasteiger charge is -2.37. The van der Waals surface area contributed by atoms with Crippen molar-refractivity contribution >= 4 is 17.4 Å². The molecule has 0 aliphatic carbocycles. The van der Waals surface area contributed by atoms with Crippen LogP contribution >= 0.6 is 0 Å². The summed E-state index contributed by atoms with van der Waals surface area (Å²) in [6.45, 7) is 10.1. The number of hydrogen-bond donors (Lipinski definition) is 2. The molecule has 0 spiro atoms. The number of anilines is 1. The Morgan fingerprint density at radius 2 is 1.81 bits per heavy atom. The molecule has 32 heavy (non-hydrogen) atoms. The van der Waals surface area contributed by atoms with Crippen LogP contribution in [0.1, 0.15) is 32.8 Å². The van der Waals surface area contributed by atoms with Gasteiger partial charge >= 0.3 is 0 Å². The van der Waals surface area contributed by atoms with Crippen LogP contribution in [0.4, 0.5) is 14.5 Å². The SMILES string of the molecule is C=C(CO)C(=O)N1CCN(C(=N/C=C\C)/C(=C/CC)Nc2ccc(C(C)(F)F)cc2)CC1. The number of aliphatic hydroxyl groups is 1. The minimum Gasteiger partial charge on any atom is -0.391 e. The Morgan fingerprint density at radius 3 is 2.31 bits per heavy atom. The van der Waals surface area contributed by atoms with Crippen molar-refractivity contribution in [2.45, 2.75) is 33.1 Å². The minimum absolute atomic E-state index is 0.0443. The molecule has 8 heteroatoms. The molecule has 0 saturated carbocycles. The maximum Gasteiger partial charge on any atom is 0.270 e. The molecule has 1 aliphatic rings. The number of allylic oxidation sites excluding steroid dienone is 2. The number of nitrogens with zero attached hydrogens (tertiary/aromatic N) is 3. The van der Waals surface area contributed by atoms with Crippen molar-refractivity contribution in [2.24, 2.45) is 4.99 Å². The number of halogens is 2. The van der Waals surface area contributed by atoms with E-state index >= 15 is 0 Å². The molecule has 1 fully saturated rings. The second-order valence-electron chi connectivity index (χ2n) is 7.59. The average molecular weight is 447 g/mol. The summed E-state index contributed by atoms with van der Waals surface area (Å²) in [7, 11) is 0. The number of nitrogens with one attached hydrogen (secondary N) is 1. The van der Waals surface area contributed by atoms with E-state index in [-0.39, 0.29) is 23.7 Å². The Kier molecular flexibility index (Phi) is 9.13. The summed E-state index contributed by atoms with van der Waals surface area (Å²) < 4.78 is 27.1. The van der Waals surface area contributed by atoms with Gasteiger partial charge < -0.3 is 20.2 Å². The van der Waals surface area contributed by atoms with Gasteiger partial charge in [-0.2, -0.15) is 0 Å². The molecule has 1 amide bonds. The Hall–Kier alpha value is -3.00. The third kappa shape index (κ3) is 6.75. The largest absolute Gasteiger partial charge is 0.391 e. The molecule has 0 unspecified atom stereocenters. The zero-order valence-electron chi connectivity index (χ0n) is 18.9. The van der Waals surface area contributed by atoms with E-state index < -0.39 is 5.92 Å². The number of carbonyl (C=O) groups is 1. The van der Waals surface area contributed by atoms with Crippen LogP contribution in [0, 0.1) is 0 Å². The van der Waals surface area contributed by atoms with Crippen molar-refractivity contribution in [3.8, 4) is 0 Å². The minimum atomic E-state index is -2.89. The molecular weight excluding hydrogens is 414 g/mol. The topological polar surface area (TPSA) is 68.2 Å². The first-order chi connectivity index (χ1) is 15.2. The number of aliphatic imine (C=N–C) groups is 1. The number of benzene rings is 1. The molecule has 1 aliphatic heterocycles. The Balaban J connectivity index is 2.21. The van der Waals surface area contributed by atoms with Gasteiger partial charge in [0.05, 0.1) is 12.3 Å². The average Bonchev–Trinajstić information content (AvgIpc) is 2.78. The first kappa shape index (κ1) is 25.3. The summed E-state index contributed by atoms with van der Waals surface area (Å²) in [5.41, 5.74) is 1.58. The summed E-state index contributed by atoms with van der Waals surface area (Å²) in [4.78, 5) is 20.6. The molecule has 2 N–H and O–H groups in total. The highest BCUT2D eigenvalue weighted by Crippen LogP contribution is 2.28. The third-order valence-corrected chi connectivity index (χ3v) is 5.03. The molecule has 1 heterocycles. The highest BCUT2D eigenvalue weighted by atomic mass is 19.3. The monoisotopic (exact) mass is 446 g/mol. The summed E-state index contributed by atoms with van der Waals surface area (Å²) in [5, 5.41) is 12.5. The van der Waals surface area contributed by atoms with Crippen molar-refractivity contribution in [1.29, 1.82) is 0 Å². The normalized spacial score (nSPS) is 15.9. The number of amidine groups is 1. The summed E-state index contributed by atoms with van der Waals surface area (Å²) in [6.07, 6.45) is 6.27. The predicted octanol–water partition coefficient (Wildman–Crippen LogP) is 4.13. The zero-order chi connectivity index (χ0) is 23.7. The van der Waals surface area contributed by atoms with Gasteiger partial charge in [-0.1, -0.05) is 37.8 Å². The number of hydrogen-bond acceptors (Lipinski definition) is 4. The Morgan fingerprint density at radius 1 is 1.22 bits per heavy atom. The number of carbonyl (C=O) groups excluding carboxylic acids is 1. The van der Waals surface area contributed by atoms with Crippen LogP contribution < -0.4 is 5.32 Å². The second kappa shape index (κ2) is 11.6. The van der Waals surface area contributed by atoms with Gasteiger partial charge in [-0.25, -0.2) is 13.8 Å². The first-order valence-electron chi connectivity index (χ1n) is 10.7. The van der Waals surface area contributed by atoms with Gasteiger partial charge in [-0.3, -0.25) is 4.79 Å². The van der Waals surface area contributed by atoms with E-state index in [4.69, 9.17) is 5.11 Å². The molecule has 0 aromatic heterocycles. The molecule has 0 radical (unpaired) electrons. The van der Waals surface area contributed by atoms with Crippen molar-refractivity contribution in [1.82, 2.24) is 9.80 Å². The molecule has 1 aromatic rings. The predicted molar refractivity (Wildman–Crippen MR) is 125 cm³/mol. The number of piperazine rings is 1. The third-order valence-electron chi connectivity index (χ3n) is 5.03. The zero-order valence-corrected chi connectivity index (χ0v) is 18.9. The molecule has 1 saturated heterocycles. The molecular formula is C24H32F2N4O2. The van der Waals surface area contributed by atoms with E-state index in [9.17, 15) is 13.6 Å². The fraction of sp³-hybridized carbons (Fsp3) is 0.417. The fourth-order valence-corrected chi connectivity index (χ4v) is 3.28. The van der Waals surface area contributed by atoms with Gasteiger partial charge in [0.15, 0.2) is 5.84 Å². The maximum absolute atomic E-state index is 13.5. The van der Waals surface area contributed by atoms with E-state index in [1.165, 1.54) is 12.1 Å². The molecule has 0 bridgehead atoms. The highest BCUT2D eigenvalue weighted by molar-refractivity contribution is 6.01. The molecule has 1 aromatic carbocycles. The van der Waals surface area contributed by atoms with Crippen molar-refractivity contribution in [2.75, 3.05) is 38.1 Å². The van der Waals surface area contributed by atoms with Crippen LogP contribution in [0.15, 0.2) is 65.5 Å². The van der Waals surface area contributed by atoms with Crippen LogP contribution in [0.25, 0.3) is 0 Å². The van der Waals surface area contributed by atoms with Gasteiger partial charge in [-0.15, -0.1) is 0 Å². The maximum atomic E-state index is 13.5. The van der Waals surface area contributed by atoms with Crippen molar-refractivity contribution in [3.05, 3.63) is 66.0 Å². The number of alkyl halides is 2. The Labute approximate surface area is 188 Å². The second-order valence-corrected chi connectivity index (χ2v) is 7.59. The quantitative estimate of drug-likeness (QED) is 0.358. The summed E-state index contributed by atoms with van der Waals surface area (Å²) in [6, 6.07) is 6.07. The van der Waals surface area contributed by atoms with Crippen LogP contribution in [-0.2, 0) is 10.7 Å². The Bertz CT molecular complexity index is 878. The standard InChI is InChI=1S/C24H32F2N4O2/c1-5-7-21(28-20-10-8-19(9-11-20)24(4,25)26)22(27-12-6-2)29-13-15-30(16-14-29)23(32)18(3)17-31/h6-12,28,31H,3,5,13-17H2,1-2,4H3/b12-6-,21-7-,27-22+. The van der Waals surface area contributed by atoms with E-state index in [1.807, 2.05) is 26.0 Å². The number of amides is 1. The highest BCUT2D eigenvalue weighted by Gasteiger charge is 2.26. The van der Waals surface area contributed by atoms with Crippen LogP contribution in [0.3, 0.4) is 0 Å². The number of rotatable bonds is 8. The summed E-state index contributed by atoms with van der Waals surface area (Å²) in [5.74, 6) is -2.42. The van der Waals surface area contributed by atoms with Gasteiger partial charge in [0.25, 0.3) is 11.8 Å². The van der Waals surface area contributed by atoms with E-state index in [2.05, 4.69) is 21.8 Å². The lowest BCUT2D eigenvalue weighted by Crippen LogP contribution is -2.51. The van der Waals surface area contributed by atoms with Gasteiger partial charge in [0.1, 0.15) is 0 Å². The number of aliphatic hydroxyl groups excluding tert-OH is 1. The molecule has 0 atom stereocenters. The molecule has 6 nitrogen and oxygen atoms in total. The van der Waals surface area contributed by atoms with Gasteiger partial charge in [-0.05, 0) is 25.5 Å². The van der Waals surface area contributed by atoms with Crippen LogP contribution in [-0.4, -0.2) is 59.4 Å². The van der Waals surface area contributed by atoms with Crippen molar-refractivity contribution in [3.63, 3.8) is 0 Å². The van der Waals surface area contributed by atoms with Crippen molar-refractivity contribution < 1.29 is 18.7 Å². The molecule has 174 valence electrons. The van der Waals surface area contributed by atoms with E-state index in [1.54, 1.807) is 23.2 Å². The van der Waals surface area contributed by atoms with E-state index in [0.29, 0.717) is 37.7 Å². The van der Waals surface area contributed by atoms with Gasteiger partial charge in [0.2, 0.25) is 0 Å². The lowest BCUT2D eigenvalue weighted by atomic mass is 10.1. The van der Waals surface area contributed by atoms with Crippen LogP contribution in [0.5, 0.6) is 0 Å². The smallest absolute Gasteiger partial charge is 0.270 e.